The molecular weight excluding hydrogens is 361 g/mol. The predicted octanol–water partition coefficient (Wildman–Crippen LogP) is 3.25. The first-order valence-electron chi connectivity index (χ1n) is 7.78. The van der Waals surface area contributed by atoms with E-state index in [-0.39, 0.29) is 17.0 Å². The van der Waals surface area contributed by atoms with E-state index in [1.165, 1.54) is 23.0 Å². The number of alkyl halides is 3. The van der Waals surface area contributed by atoms with Crippen molar-refractivity contribution in [1.82, 2.24) is 24.6 Å². The van der Waals surface area contributed by atoms with E-state index in [9.17, 15) is 18.0 Å². The second-order valence-corrected chi connectivity index (χ2v) is 5.79. The van der Waals surface area contributed by atoms with Gasteiger partial charge >= 0.3 is 6.18 Å². The third kappa shape index (κ3) is 3.05. The molecule has 0 aliphatic heterocycles. The number of fused-ring (bicyclic) bond motifs is 2. The zero-order valence-corrected chi connectivity index (χ0v) is 13.8. The summed E-state index contributed by atoms with van der Waals surface area (Å²) < 4.78 is 40.3. The van der Waals surface area contributed by atoms with Crippen LogP contribution in [0.5, 0.6) is 0 Å². The molecule has 0 aliphatic carbocycles. The molecule has 4 aromatic rings. The maximum Gasteiger partial charge on any atom is 0.433 e. The average Bonchev–Trinajstić information content (AvgIpc) is 3.05. The number of halogens is 3. The Morgan fingerprint density at radius 2 is 2.04 bits per heavy atom. The molecule has 0 atom stereocenters. The van der Waals surface area contributed by atoms with Gasteiger partial charge in [-0.15, -0.1) is 0 Å². The van der Waals surface area contributed by atoms with Crippen molar-refractivity contribution in [2.24, 2.45) is 0 Å². The van der Waals surface area contributed by atoms with Gasteiger partial charge in [-0.3, -0.25) is 4.79 Å². The van der Waals surface area contributed by atoms with Crippen LogP contribution in [0, 0.1) is 6.92 Å². The highest BCUT2D eigenvalue weighted by Gasteiger charge is 2.33. The molecule has 0 radical (unpaired) electrons. The molecule has 4 rings (SSSR count). The summed E-state index contributed by atoms with van der Waals surface area (Å²) in [5.41, 5.74) is -0.173. The minimum absolute atomic E-state index is 0.0778. The van der Waals surface area contributed by atoms with E-state index in [1.54, 1.807) is 25.3 Å². The summed E-state index contributed by atoms with van der Waals surface area (Å²) in [5.74, 6) is -0.451. The number of carbonyl (C=O) groups is 1. The molecule has 0 spiro atoms. The Labute approximate surface area is 149 Å². The molecule has 0 aromatic carbocycles. The average molecular weight is 372 g/mol. The predicted molar refractivity (Wildman–Crippen MR) is 90.2 cm³/mol. The van der Waals surface area contributed by atoms with E-state index in [0.29, 0.717) is 16.6 Å². The SMILES string of the molecule is Cc1cc(C(F)(F)F)nc2nc(NC(=O)c3cnn4cccnc34)ccc12. The fourth-order valence-corrected chi connectivity index (χ4v) is 2.66. The maximum absolute atomic E-state index is 13.0. The van der Waals surface area contributed by atoms with Crippen LogP contribution in [-0.2, 0) is 6.18 Å². The van der Waals surface area contributed by atoms with Gasteiger partial charge < -0.3 is 5.32 Å². The Bertz CT molecular complexity index is 1180. The Kier molecular flexibility index (Phi) is 3.76. The number of hydrogen-bond donors (Lipinski definition) is 1. The number of rotatable bonds is 2. The molecule has 4 heterocycles. The normalized spacial score (nSPS) is 11.9. The van der Waals surface area contributed by atoms with E-state index >= 15 is 0 Å². The number of carbonyl (C=O) groups excluding carboxylic acids is 1. The monoisotopic (exact) mass is 372 g/mol. The van der Waals surface area contributed by atoms with E-state index in [0.717, 1.165) is 6.07 Å². The van der Waals surface area contributed by atoms with Crippen LogP contribution in [0.3, 0.4) is 0 Å². The number of amides is 1. The highest BCUT2D eigenvalue weighted by molar-refractivity contribution is 6.08. The maximum atomic E-state index is 13.0. The van der Waals surface area contributed by atoms with Crippen molar-refractivity contribution in [3.8, 4) is 0 Å². The summed E-state index contributed by atoms with van der Waals surface area (Å²) in [7, 11) is 0. The number of aryl methyl sites for hydroxylation is 1. The third-order valence-electron chi connectivity index (χ3n) is 3.94. The highest BCUT2D eigenvalue weighted by atomic mass is 19.4. The topological polar surface area (TPSA) is 85.1 Å². The van der Waals surface area contributed by atoms with Crippen molar-refractivity contribution in [2.45, 2.75) is 13.1 Å². The Hall–Kier alpha value is -3.56. The summed E-state index contributed by atoms with van der Waals surface area (Å²) in [6, 6.07) is 5.70. The number of hydrogen-bond acceptors (Lipinski definition) is 5. The summed E-state index contributed by atoms with van der Waals surface area (Å²) in [6.07, 6.45) is -0.0717. The fourth-order valence-electron chi connectivity index (χ4n) is 2.66. The van der Waals surface area contributed by atoms with Crippen LogP contribution >= 0.6 is 0 Å². The lowest BCUT2D eigenvalue weighted by Crippen LogP contribution is -2.14. The molecule has 0 saturated heterocycles. The minimum Gasteiger partial charge on any atom is -0.306 e. The zero-order chi connectivity index (χ0) is 19.2. The van der Waals surface area contributed by atoms with Gasteiger partial charge in [0.1, 0.15) is 17.1 Å². The van der Waals surface area contributed by atoms with Crippen LogP contribution in [0.4, 0.5) is 19.0 Å². The summed E-state index contributed by atoms with van der Waals surface area (Å²) >= 11 is 0. The molecule has 27 heavy (non-hydrogen) atoms. The third-order valence-corrected chi connectivity index (χ3v) is 3.94. The number of nitrogens with one attached hydrogen (secondary N) is 1. The van der Waals surface area contributed by atoms with Gasteiger partial charge in [0, 0.05) is 17.8 Å². The summed E-state index contributed by atoms with van der Waals surface area (Å²) in [6.45, 7) is 1.55. The van der Waals surface area contributed by atoms with Gasteiger partial charge in [-0.05, 0) is 36.8 Å². The second kappa shape index (κ2) is 6.01. The quantitative estimate of drug-likeness (QED) is 0.584. The second-order valence-electron chi connectivity index (χ2n) is 5.79. The van der Waals surface area contributed by atoms with Crippen LogP contribution in [0.1, 0.15) is 21.6 Å². The number of nitrogens with zero attached hydrogens (tertiary/aromatic N) is 5. The molecule has 1 N–H and O–H groups in total. The van der Waals surface area contributed by atoms with Gasteiger partial charge in [0.25, 0.3) is 5.91 Å². The molecule has 0 saturated carbocycles. The van der Waals surface area contributed by atoms with Crippen LogP contribution in [0.15, 0.2) is 42.9 Å². The summed E-state index contributed by atoms with van der Waals surface area (Å²) in [4.78, 5) is 24.2. The first-order valence-corrected chi connectivity index (χ1v) is 7.78. The van der Waals surface area contributed by atoms with Crippen LogP contribution < -0.4 is 5.32 Å². The fraction of sp³-hybridized carbons (Fsp3) is 0.118. The van der Waals surface area contributed by atoms with Crippen LogP contribution in [0.2, 0.25) is 0 Å². The van der Waals surface area contributed by atoms with Gasteiger partial charge in [-0.25, -0.2) is 19.5 Å². The molecule has 0 unspecified atom stereocenters. The van der Waals surface area contributed by atoms with Crippen LogP contribution in [0.25, 0.3) is 16.7 Å². The number of anilines is 1. The van der Waals surface area contributed by atoms with Gasteiger partial charge in [0.15, 0.2) is 11.3 Å². The molecule has 4 aromatic heterocycles. The molecule has 7 nitrogen and oxygen atoms in total. The standard InChI is InChI=1S/C17H11F3N6O/c1-9-7-12(17(18,19)20)23-14-10(9)3-4-13(24-14)25-16(27)11-8-22-26-6-2-5-21-15(11)26/h2-8H,1H3,(H,23,24,25,27). The lowest BCUT2D eigenvalue weighted by Gasteiger charge is -2.10. The van der Waals surface area contributed by atoms with Gasteiger partial charge in [-0.1, -0.05) is 0 Å². The van der Waals surface area contributed by atoms with Crippen molar-refractivity contribution in [3.63, 3.8) is 0 Å². The Morgan fingerprint density at radius 1 is 1.22 bits per heavy atom. The molecule has 0 aliphatic rings. The van der Waals surface area contributed by atoms with Crippen LogP contribution in [-0.4, -0.2) is 30.5 Å². The first kappa shape index (κ1) is 16.9. The zero-order valence-electron chi connectivity index (χ0n) is 13.8. The van der Waals surface area contributed by atoms with Crippen molar-refractivity contribution < 1.29 is 18.0 Å². The minimum atomic E-state index is -4.58. The summed E-state index contributed by atoms with van der Waals surface area (Å²) in [5, 5.41) is 7.03. The first-order chi connectivity index (χ1) is 12.8. The molecule has 10 heteroatoms. The molecular formula is C17H11F3N6O. The van der Waals surface area contributed by atoms with E-state index < -0.39 is 17.8 Å². The van der Waals surface area contributed by atoms with Crippen molar-refractivity contribution in [3.05, 3.63) is 59.7 Å². The van der Waals surface area contributed by atoms with E-state index in [1.807, 2.05) is 0 Å². The molecule has 0 fully saturated rings. The van der Waals surface area contributed by atoms with Crippen molar-refractivity contribution in [2.75, 3.05) is 5.32 Å². The van der Waals surface area contributed by atoms with Gasteiger partial charge in [-0.2, -0.15) is 18.3 Å². The highest BCUT2D eigenvalue weighted by Crippen LogP contribution is 2.30. The lowest BCUT2D eigenvalue weighted by atomic mass is 10.1. The van der Waals surface area contributed by atoms with E-state index in [4.69, 9.17) is 0 Å². The van der Waals surface area contributed by atoms with Gasteiger partial charge in [0.2, 0.25) is 0 Å². The van der Waals surface area contributed by atoms with E-state index in [2.05, 4.69) is 25.4 Å². The molecule has 1 amide bonds. The number of pyridine rings is 2. The molecule has 0 bridgehead atoms. The smallest absolute Gasteiger partial charge is 0.306 e. The number of aromatic nitrogens is 5. The Balaban J connectivity index is 1.70. The molecule has 136 valence electrons. The lowest BCUT2D eigenvalue weighted by molar-refractivity contribution is -0.141. The Morgan fingerprint density at radius 3 is 2.81 bits per heavy atom. The van der Waals surface area contributed by atoms with Crippen molar-refractivity contribution in [1.29, 1.82) is 0 Å². The van der Waals surface area contributed by atoms with Gasteiger partial charge in [0.05, 0.1) is 6.20 Å². The van der Waals surface area contributed by atoms with Crippen molar-refractivity contribution >= 4 is 28.4 Å². The largest absolute Gasteiger partial charge is 0.433 e.